The van der Waals surface area contributed by atoms with Gasteiger partial charge in [-0.3, -0.25) is 28.8 Å². The molecular weight excluding hydrogens is 458 g/mol. The molecule has 0 saturated carbocycles. The van der Waals surface area contributed by atoms with Crippen LogP contribution >= 0.6 is 0 Å². The van der Waals surface area contributed by atoms with Gasteiger partial charge in [-0.1, -0.05) is 13.8 Å². The monoisotopic (exact) mass is 489 g/mol. The summed E-state index contributed by atoms with van der Waals surface area (Å²) >= 11 is 0. The number of hydrogen-bond donors (Lipinski definition) is 8. The van der Waals surface area contributed by atoms with Crippen LogP contribution in [0.5, 0.6) is 0 Å². The van der Waals surface area contributed by atoms with Gasteiger partial charge in [0.15, 0.2) is 0 Å². The molecule has 0 spiro atoms. The molecule has 0 saturated heterocycles. The maximum Gasteiger partial charge on any atom is 0.326 e. The average Bonchev–Trinajstić information content (AvgIpc) is 2.68. The molecule has 0 aliphatic rings. The second-order valence-electron chi connectivity index (χ2n) is 7.96. The minimum atomic E-state index is -1.72. The molecule has 34 heavy (non-hydrogen) atoms. The molecule has 0 heterocycles. The maximum atomic E-state index is 12.8. The molecule has 0 unspecified atom stereocenters. The van der Waals surface area contributed by atoms with Crippen molar-refractivity contribution in [3.63, 3.8) is 0 Å². The van der Waals surface area contributed by atoms with Crippen molar-refractivity contribution in [1.82, 2.24) is 16.0 Å². The summed E-state index contributed by atoms with van der Waals surface area (Å²) in [5, 5.41) is 33.6. The molecular formula is C19H31N5O10. The normalized spacial score (nSPS) is 14.2. The maximum absolute atomic E-state index is 12.8. The highest BCUT2D eigenvalue weighted by atomic mass is 16.4. The minimum absolute atomic E-state index is 0.0368. The van der Waals surface area contributed by atoms with Crippen LogP contribution in [-0.4, -0.2) is 81.0 Å². The zero-order chi connectivity index (χ0) is 26.6. The third-order valence-corrected chi connectivity index (χ3v) is 4.38. The van der Waals surface area contributed by atoms with E-state index in [9.17, 15) is 38.7 Å². The van der Waals surface area contributed by atoms with E-state index in [1.165, 1.54) is 0 Å². The summed E-state index contributed by atoms with van der Waals surface area (Å²) in [7, 11) is 0. The third-order valence-electron chi connectivity index (χ3n) is 4.38. The van der Waals surface area contributed by atoms with Gasteiger partial charge in [0.1, 0.15) is 18.1 Å². The van der Waals surface area contributed by atoms with Crippen molar-refractivity contribution < 1.29 is 48.9 Å². The fraction of sp³-hybridized carbons (Fsp3) is 0.632. The van der Waals surface area contributed by atoms with E-state index in [1.807, 2.05) is 5.32 Å². The number of carboxylic acids is 3. The molecule has 4 amide bonds. The topological polar surface area (TPSA) is 268 Å². The summed E-state index contributed by atoms with van der Waals surface area (Å²) in [6.45, 7) is 3.42. The number of nitrogens with two attached hydrogens (primary N) is 2. The van der Waals surface area contributed by atoms with Gasteiger partial charge < -0.3 is 42.7 Å². The molecule has 4 atom stereocenters. The zero-order valence-corrected chi connectivity index (χ0v) is 18.8. The second kappa shape index (κ2) is 14.4. The highest BCUT2D eigenvalue weighted by Crippen LogP contribution is 2.08. The van der Waals surface area contributed by atoms with Crippen LogP contribution in [-0.2, 0) is 33.6 Å². The van der Waals surface area contributed by atoms with Crippen molar-refractivity contribution in [2.45, 2.75) is 70.1 Å². The fourth-order valence-corrected chi connectivity index (χ4v) is 2.74. The number of carbonyl (C=O) groups is 7. The van der Waals surface area contributed by atoms with E-state index in [0.717, 1.165) is 0 Å². The van der Waals surface area contributed by atoms with Crippen molar-refractivity contribution in [1.29, 1.82) is 0 Å². The van der Waals surface area contributed by atoms with Crippen LogP contribution < -0.4 is 27.4 Å². The van der Waals surface area contributed by atoms with Crippen molar-refractivity contribution >= 4 is 41.5 Å². The molecule has 10 N–H and O–H groups in total. The Balaban J connectivity index is 5.54. The number of nitrogens with one attached hydrogen (secondary N) is 3. The van der Waals surface area contributed by atoms with Crippen LogP contribution in [0.1, 0.15) is 46.0 Å². The van der Waals surface area contributed by atoms with Gasteiger partial charge >= 0.3 is 17.9 Å². The largest absolute Gasteiger partial charge is 0.481 e. The van der Waals surface area contributed by atoms with Crippen LogP contribution in [0.25, 0.3) is 0 Å². The van der Waals surface area contributed by atoms with Gasteiger partial charge in [0.05, 0.1) is 18.9 Å². The van der Waals surface area contributed by atoms with Gasteiger partial charge in [-0.15, -0.1) is 0 Å². The Labute approximate surface area is 194 Å². The quantitative estimate of drug-likeness (QED) is 0.109. The van der Waals surface area contributed by atoms with Gasteiger partial charge in [0.2, 0.25) is 23.6 Å². The van der Waals surface area contributed by atoms with E-state index < -0.39 is 78.5 Å². The standard InChI is InChI=1S/C19H31N5O10/c1-8(2)5-11(23-16(30)9(20)6-14(26)27)17(31)24-12(7-15(28)29)18(32)22-10(19(33)34)3-4-13(21)25/h8-12H,3-7,20H2,1-2H3,(H2,21,25)(H,22,32)(H,23,30)(H,24,31)(H,26,27)(H,28,29)(H,33,34)/t9-,10-,11-,12-/m0/s1. The van der Waals surface area contributed by atoms with E-state index in [2.05, 4.69) is 10.6 Å². The van der Waals surface area contributed by atoms with E-state index in [0.29, 0.717) is 0 Å². The Morgan fingerprint density at radius 1 is 0.735 bits per heavy atom. The Kier molecular flexibility index (Phi) is 12.8. The van der Waals surface area contributed by atoms with Crippen LogP contribution in [0.2, 0.25) is 0 Å². The lowest BCUT2D eigenvalue weighted by molar-refractivity contribution is -0.144. The van der Waals surface area contributed by atoms with Gasteiger partial charge in [-0.05, 0) is 18.8 Å². The summed E-state index contributed by atoms with van der Waals surface area (Å²) < 4.78 is 0. The summed E-state index contributed by atoms with van der Waals surface area (Å²) in [6.07, 6.45) is -2.31. The smallest absolute Gasteiger partial charge is 0.326 e. The first-order valence-corrected chi connectivity index (χ1v) is 10.2. The van der Waals surface area contributed by atoms with Crippen LogP contribution in [0.3, 0.4) is 0 Å². The summed E-state index contributed by atoms with van der Waals surface area (Å²) in [5.74, 6) is -8.37. The molecule has 0 rings (SSSR count). The summed E-state index contributed by atoms with van der Waals surface area (Å²) in [4.78, 5) is 81.6. The Morgan fingerprint density at radius 2 is 1.21 bits per heavy atom. The lowest BCUT2D eigenvalue weighted by atomic mass is 10.0. The number of carboxylic acid groups (broad SMARTS) is 3. The number of rotatable bonds is 16. The lowest BCUT2D eigenvalue weighted by Gasteiger charge is -2.25. The molecule has 192 valence electrons. The molecule has 15 nitrogen and oxygen atoms in total. The summed E-state index contributed by atoms with van der Waals surface area (Å²) in [5.41, 5.74) is 10.5. The zero-order valence-electron chi connectivity index (χ0n) is 18.8. The molecule has 0 aromatic carbocycles. The van der Waals surface area contributed by atoms with Crippen molar-refractivity contribution in [2.24, 2.45) is 17.4 Å². The van der Waals surface area contributed by atoms with E-state index >= 15 is 0 Å². The minimum Gasteiger partial charge on any atom is -0.481 e. The highest BCUT2D eigenvalue weighted by Gasteiger charge is 2.32. The van der Waals surface area contributed by atoms with Crippen LogP contribution in [0.4, 0.5) is 0 Å². The number of carbonyl (C=O) groups excluding carboxylic acids is 4. The average molecular weight is 489 g/mol. The highest BCUT2D eigenvalue weighted by molar-refractivity contribution is 5.96. The fourth-order valence-electron chi connectivity index (χ4n) is 2.74. The van der Waals surface area contributed by atoms with E-state index in [1.54, 1.807) is 13.8 Å². The molecule has 0 radical (unpaired) electrons. The molecule has 0 aliphatic heterocycles. The van der Waals surface area contributed by atoms with Gasteiger partial charge in [0, 0.05) is 6.42 Å². The van der Waals surface area contributed by atoms with Crippen molar-refractivity contribution in [3.05, 3.63) is 0 Å². The summed E-state index contributed by atoms with van der Waals surface area (Å²) in [6, 6.07) is -6.05. The van der Waals surface area contributed by atoms with Gasteiger partial charge in [-0.2, -0.15) is 0 Å². The first kappa shape index (κ1) is 30.2. The van der Waals surface area contributed by atoms with E-state index in [-0.39, 0.29) is 25.2 Å². The molecule has 0 bridgehead atoms. The number of aliphatic carboxylic acids is 3. The predicted molar refractivity (Wildman–Crippen MR) is 114 cm³/mol. The number of amides is 4. The molecule has 0 fully saturated rings. The number of primary amides is 1. The molecule has 0 aromatic heterocycles. The predicted octanol–water partition coefficient (Wildman–Crippen LogP) is -2.89. The second-order valence-corrected chi connectivity index (χ2v) is 7.96. The van der Waals surface area contributed by atoms with Crippen LogP contribution in [0.15, 0.2) is 0 Å². The van der Waals surface area contributed by atoms with E-state index in [4.69, 9.17) is 21.7 Å². The van der Waals surface area contributed by atoms with Crippen molar-refractivity contribution in [2.75, 3.05) is 0 Å². The Bertz CT molecular complexity index is 800. The Morgan fingerprint density at radius 3 is 1.65 bits per heavy atom. The SMILES string of the molecule is CC(C)C[C@H](NC(=O)[C@@H](N)CC(=O)O)C(=O)N[C@@H](CC(=O)O)C(=O)N[C@@H](CCC(N)=O)C(=O)O. The number of hydrogen-bond acceptors (Lipinski definition) is 8. The first-order valence-electron chi connectivity index (χ1n) is 10.2. The molecule has 15 heteroatoms. The van der Waals surface area contributed by atoms with Crippen molar-refractivity contribution in [3.8, 4) is 0 Å². The molecule has 0 aromatic rings. The van der Waals surface area contributed by atoms with Crippen LogP contribution in [0, 0.1) is 5.92 Å². The van der Waals surface area contributed by atoms with Gasteiger partial charge in [-0.25, -0.2) is 4.79 Å². The third kappa shape index (κ3) is 12.3. The first-order chi connectivity index (χ1) is 15.6. The lowest BCUT2D eigenvalue weighted by Crippen LogP contribution is -2.57. The van der Waals surface area contributed by atoms with Gasteiger partial charge in [0.25, 0.3) is 0 Å². The Hall–Kier alpha value is -3.75. The molecule has 0 aliphatic carbocycles.